The van der Waals surface area contributed by atoms with E-state index in [0.29, 0.717) is 6.61 Å². The van der Waals surface area contributed by atoms with Gasteiger partial charge in [0.25, 0.3) is 0 Å². The second-order valence-corrected chi connectivity index (χ2v) is 7.14. The quantitative estimate of drug-likeness (QED) is 0.573. The monoisotopic (exact) mass is 298 g/mol. The van der Waals surface area contributed by atoms with Crippen LogP contribution in [0.4, 0.5) is 0 Å². The molecule has 0 aromatic carbocycles. The van der Waals surface area contributed by atoms with Crippen molar-refractivity contribution < 1.29 is 14.3 Å². The molecule has 1 saturated heterocycles. The summed E-state index contributed by atoms with van der Waals surface area (Å²) in [6, 6.07) is 0.201. The van der Waals surface area contributed by atoms with Gasteiger partial charge in [-0.1, -0.05) is 20.8 Å². The van der Waals surface area contributed by atoms with E-state index >= 15 is 0 Å². The molecule has 5 heteroatoms. The van der Waals surface area contributed by atoms with Crippen molar-refractivity contribution in [3.8, 4) is 0 Å². The summed E-state index contributed by atoms with van der Waals surface area (Å²) in [5, 5.41) is 0. The SMILES string of the molecule is CCOC(=O)C(C(=O)N1CCCC1CN(C)C)C(C)(C)C. The number of hydrogen-bond donors (Lipinski definition) is 0. The fourth-order valence-electron chi connectivity index (χ4n) is 2.95. The van der Waals surface area contributed by atoms with E-state index in [2.05, 4.69) is 4.90 Å². The molecule has 0 saturated carbocycles. The van der Waals surface area contributed by atoms with Crippen LogP contribution in [0.1, 0.15) is 40.5 Å². The van der Waals surface area contributed by atoms with Crippen LogP contribution in [0.2, 0.25) is 0 Å². The van der Waals surface area contributed by atoms with Gasteiger partial charge in [-0.15, -0.1) is 0 Å². The number of nitrogens with zero attached hydrogens (tertiary/aromatic N) is 2. The molecule has 2 unspecified atom stereocenters. The van der Waals surface area contributed by atoms with Crippen molar-refractivity contribution in [2.24, 2.45) is 11.3 Å². The zero-order chi connectivity index (χ0) is 16.2. The molecule has 0 aromatic rings. The summed E-state index contributed by atoms with van der Waals surface area (Å²) in [4.78, 5) is 29.1. The van der Waals surface area contributed by atoms with Crippen molar-refractivity contribution in [2.45, 2.75) is 46.6 Å². The van der Waals surface area contributed by atoms with Crippen LogP contribution >= 0.6 is 0 Å². The van der Waals surface area contributed by atoms with E-state index < -0.39 is 17.3 Å². The van der Waals surface area contributed by atoms with E-state index in [1.54, 1.807) is 6.92 Å². The van der Waals surface area contributed by atoms with Crippen LogP contribution in [0.5, 0.6) is 0 Å². The predicted octanol–water partition coefficient (Wildman–Crippen LogP) is 1.76. The minimum Gasteiger partial charge on any atom is -0.465 e. The highest BCUT2D eigenvalue weighted by atomic mass is 16.5. The number of carbonyl (C=O) groups is 2. The lowest BCUT2D eigenvalue weighted by molar-refractivity contribution is -0.161. The summed E-state index contributed by atoms with van der Waals surface area (Å²) in [6.45, 7) is 9.41. The molecule has 2 atom stereocenters. The van der Waals surface area contributed by atoms with E-state index in [0.717, 1.165) is 25.9 Å². The van der Waals surface area contributed by atoms with Crippen LogP contribution < -0.4 is 0 Å². The van der Waals surface area contributed by atoms with Gasteiger partial charge in [0, 0.05) is 19.1 Å². The van der Waals surface area contributed by atoms with Gasteiger partial charge in [-0.05, 0) is 39.3 Å². The number of likely N-dealkylation sites (N-methyl/N-ethyl adjacent to an activating group) is 1. The Hall–Kier alpha value is -1.10. The first-order chi connectivity index (χ1) is 9.68. The number of carbonyl (C=O) groups excluding carboxylic acids is 2. The van der Waals surface area contributed by atoms with Crippen LogP contribution in [-0.4, -0.2) is 61.5 Å². The Morgan fingerprint density at radius 2 is 1.95 bits per heavy atom. The number of likely N-dealkylation sites (tertiary alicyclic amines) is 1. The zero-order valence-corrected chi connectivity index (χ0v) is 14.3. The van der Waals surface area contributed by atoms with E-state index in [4.69, 9.17) is 4.74 Å². The van der Waals surface area contributed by atoms with E-state index in [-0.39, 0.29) is 11.9 Å². The first kappa shape index (κ1) is 18.0. The second-order valence-electron chi connectivity index (χ2n) is 7.14. The van der Waals surface area contributed by atoms with E-state index in [1.807, 2.05) is 39.8 Å². The van der Waals surface area contributed by atoms with Crippen molar-refractivity contribution in [1.29, 1.82) is 0 Å². The van der Waals surface area contributed by atoms with Gasteiger partial charge in [0.2, 0.25) is 5.91 Å². The molecule has 122 valence electrons. The lowest BCUT2D eigenvalue weighted by Crippen LogP contribution is -2.49. The summed E-state index contributed by atoms with van der Waals surface area (Å²) >= 11 is 0. The minimum atomic E-state index is -0.722. The van der Waals surface area contributed by atoms with Gasteiger partial charge in [0.15, 0.2) is 0 Å². The summed E-state index contributed by atoms with van der Waals surface area (Å²) in [5.41, 5.74) is -0.436. The first-order valence-electron chi connectivity index (χ1n) is 7.80. The van der Waals surface area contributed by atoms with Crippen molar-refractivity contribution in [3.05, 3.63) is 0 Å². The highest BCUT2D eigenvalue weighted by Crippen LogP contribution is 2.31. The Morgan fingerprint density at radius 3 is 2.43 bits per heavy atom. The molecule has 0 bridgehead atoms. The Bertz CT molecular complexity index is 374. The van der Waals surface area contributed by atoms with E-state index in [9.17, 15) is 9.59 Å². The molecule has 1 aliphatic heterocycles. The van der Waals surface area contributed by atoms with Crippen LogP contribution in [0.15, 0.2) is 0 Å². The Kier molecular flexibility index (Phi) is 6.20. The summed E-state index contributed by atoms with van der Waals surface area (Å²) in [7, 11) is 4.02. The number of esters is 1. The standard InChI is InChI=1S/C16H30N2O3/c1-7-21-15(20)13(16(2,3)4)14(19)18-10-8-9-12(18)11-17(5)6/h12-13H,7-11H2,1-6H3. The molecule has 1 amide bonds. The van der Waals surface area contributed by atoms with Crippen LogP contribution in [-0.2, 0) is 14.3 Å². The summed E-state index contributed by atoms with van der Waals surface area (Å²) < 4.78 is 5.13. The molecule has 1 rings (SSSR count). The highest BCUT2D eigenvalue weighted by molar-refractivity contribution is 5.98. The third kappa shape index (κ3) is 4.70. The average Bonchev–Trinajstić information content (AvgIpc) is 2.74. The molecule has 1 heterocycles. The normalized spacial score (nSPS) is 20.7. The summed E-state index contributed by atoms with van der Waals surface area (Å²) in [5.74, 6) is -1.20. The number of rotatable bonds is 5. The van der Waals surface area contributed by atoms with Crippen LogP contribution in [0.25, 0.3) is 0 Å². The first-order valence-corrected chi connectivity index (χ1v) is 7.80. The number of ether oxygens (including phenoxy) is 1. The molecule has 21 heavy (non-hydrogen) atoms. The van der Waals surface area contributed by atoms with Gasteiger partial charge in [-0.3, -0.25) is 9.59 Å². The molecule has 0 N–H and O–H groups in total. The smallest absolute Gasteiger partial charge is 0.319 e. The van der Waals surface area contributed by atoms with Crippen molar-refractivity contribution in [1.82, 2.24) is 9.80 Å². The summed E-state index contributed by atoms with van der Waals surface area (Å²) in [6.07, 6.45) is 2.01. The van der Waals surface area contributed by atoms with Gasteiger partial charge < -0.3 is 14.5 Å². The maximum absolute atomic E-state index is 12.9. The fourth-order valence-corrected chi connectivity index (χ4v) is 2.95. The predicted molar refractivity (Wildman–Crippen MR) is 82.9 cm³/mol. The number of hydrogen-bond acceptors (Lipinski definition) is 4. The largest absolute Gasteiger partial charge is 0.465 e. The Morgan fingerprint density at radius 1 is 1.33 bits per heavy atom. The molecule has 1 aliphatic rings. The van der Waals surface area contributed by atoms with Crippen molar-refractivity contribution >= 4 is 11.9 Å². The van der Waals surface area contributed by atoms with Crippen molar-refractivity contribution in [2.75, 3.05) is 33.8 Å². The van der Waals surface area contributed by atoms with Crippen molar-refractivity contribution in [3.63, 3.8) is 0 Å². The molecular weight excluding hydrogens is 268 g/mol. The fraction of sp³-hybridized carbons (Fsp3) is 0.875. The average molecular weight is 298 g/mol. The molecule has 0 aliphatic carbocycles. The maximum atomic E-state index is 12.9. The van der Waals surface area contributed by atoms with Gasteiger partial charge in [0.1, 0.15) is 5.92 Å². The van der Waals surface area contributed by atoms with E-state index in [1.165, 1.54) is 0 Å². The maximum Gasteiger partial charge on any atom is 0.319 e. The lowest BCUT2D eigenvalue weighted by Gasteiger charge is -2.34. The third-order valence-electron chi connectivity index (χ3n) is 3.87. The Labute approximate surface area is 128 Å². The minimum absolute atomic E-state index is 0.0784. The van der Waals surface area contributed by atoms with Gasteiger partial charge in [-0.25, -0.2) is 0 Å². The second kappa shape index (κ2) is 7.25. The van der Waals surface area contributed by atoms with Crippen LogP contribution in [0, 0.1) is 11.3 Å². The Balaban J connectivity index is 2.92. The molecule has 0 radical (unpaired) electrons. The van der Waals surface area contributed by atoms with Crippen LogP contribution in [0.3, 0.4) is 0 Å². The molecular formula is C16H30N2O3. The van der Waals surface area contributed by atoms with Gasteiger partial charge in [-0.2, -0.15) is 0 Å². The third-order valence-corrected chi connectivity index (χ3v) is 3.87. The molecule has 0 aromatic heterocycles. The highest BCUT2D eigenvalue weighted by Gasteiger charge is 2.43. The molecule has 5 nitrogen and oxygen atoms in total. The topological polar surface area (TPSA) is 49.9 Å². The van der Waals surface area contributed by atoms with Gasteiger partial charge >= 0.3 is 5.97 Å². The molecule has 1 fully saturated rings. The zero-order valence-electron chi connectivity index (χ0n) is 14.3. The van der Waals surface area contributed by atoms with Gasteiger partial charge in [0.05, 0.1) is 6.61 Å². The number of amides is 1. The lowest BCUT2D eigenvalue weighted by atomic mass is 9.79. The molecule has 0 spiro atoms.